The first kappa shape index (κ1) is 46.7. The van der Waals surface area contributed by atoms with Crippen molar-refractivity contribution in [3.8, 4) is 0 Å². The van der Waals surface area contributed by atoms with Gasteiger partial charge in [0.2, 0.25) is 5.91 Å². The van der Waals surface area contributed by atoms with Crippen LogP contribution in [-0.4, -0.2) is 73.4 Å². The highest BCUT2D eigenvalue weighted by Gasteiger charge is 2.27. The normalized spacial score (nSPS) is 15.1. The van der Waals surface area contributed by atoms with Crippen LogP contribution in [0.3, 0.4) is 0 Å². The average Bonchev–Trinajstić information content (AvgIpc) is 3.02. The second-order valence-electron chi connectivity index (χ2n) is 14.3. The van der Waals surface area contributed by atoms with Crippen molar-refractivity contribution in [2.45, 2.75) is 167 Å². The average molecular weight is 700 g/mol. The van der Waals surface area contributed by atoms with Crippen molar-refractivity contribution in [1.29, 1.82) is 0 Å². The van der Waals surface area contributed by atoms with Crippen molar-refractivity contribution >= 4 is 13.7 Å². The summed E-state index contributed by atoms with van der Waals surface area (Å²) < 4.78 is 23.4. The standard InChI is InChI=1S/C39H75N2O6P/c1-6-8-10-12-14-16-18-19-20-21-23-25-27-29-31-33-39(43)40-37(36-47-48(44,45)46-35-34-41(3,4)5)38(42)32-30-28-26-24-22-17-15-13-11-9-7-2/h16,18,22,24,30,32,37-38,42H,6-15,17,19-21,23,25-29,31,33-36H2,1-5H3,(H-,40,43,44,45)/p+1/b18-16-,24-22+,32-30+. The SMILES string of the molecule is CCCCCC/C=C\CCCCCCCCCC(=O)NC(COP(=O)(O)OCC[N+](C)(C)C)C(O)/C=C/CC/C=C/CCCCCCC. The minimum Gasteiger partial charge on any atom is -0.387 e. The van der Waals surface area contributed by atoms with E-state index in [0.29, 0.717) is 17.4 Å². The number of carbonyl (C=O) groups excluding carboxylic acids is 1. The second kappa shape index (κ2) is 31.7. The summed E-state index contributed by atoms with van der Waals surface area (Å²) in [7, 11) is 1.54. The summed E-state index contributed by atoms with van der Waals surface area (Å²) in [6.45, 7) is 4.72. The predicted octanol–water partition coefficient (Wildman–Crippen LogP) is 9.96. The second-order valence-corrected chi connectivity index (χ2v) is 15.7. The number of nitrogens with one attached hydrogen (secondary N) is 1. The predicted molar refractivity (Wildman–Crippen MR) is 203 cm³/mol. The molecule has 0 bridgehead atoms. The Labute approximate surface area is 296 Å². The highest BCUT2D eigenvalue weighted by atomic mass is 31.2. The number of phosphoric acid groups is 1. The summed E-state index contributed by atoms with van der Waals surface area (Å²) >= 11 is 0. The Kier molecular flexibility index (Phi) is 30.8. The van der Waals surface area contributed by atoms with E-state index in [0.717, 1.165) is 38.5 Å². The molecule has 282 valence electrons. The minimum absolute atomic E-state index is 0.0548. The van der Waals surface area contributed by atoms with Gasteiger partial charge in [0.25, 0.3) is 0 Å². The van der Waals surface area contributed by atoms with Gasteiger partial charge in [-0.25, -0.2) is 4.57 Å². The molecule has 3 unspecified atom stereocenters. The summed E-state index contributed by atoms with van der Waals surface area (Å²) in [4.78, 5) is 23.0. The van der Waals surface area contributed by atoms with Crippen LogP contribution < -0.4 is 5.32 Å². The minimum atomic E-state index is -4.34. The van der Waals surface area contributed by atoms with Crippen LogP contribution in [0.25, 0.3) is 0 Å². The molecule has 0 aliphatic rings. The summed E-state index contributed by atoms with van der Waals surface area (Å²) in [6, 6.07) is -0.861. The van der Waals surface area contributed by atoms with Crippen LogP contribution in [0.2, 0.25) is 0 Å². The molecule has 8 nitrogen and oxygen atoms in total. The van der Waals surface area contributed by atoms with Crippen LogP contribution in [0.15, 0.2) is 36.5 Å². The lowest BCUT2D eigenvalue weighted by Crippen LogP contribution is -2.45. The first-order chi connectivity index (χ1) is 23.0. The van der Waals surface area contributed by atoms with E-state index in [2.05, 4.69) is 43.5 Å². The molecule has 0 spiro atoms. The topological polar surface area (TPSA) is 105 Å². The number of hydrogen-bond acceptors (Lipinski definition) is 5. The Morgan fingerprint density at radius 3 is 1.69 bits per heavy atom. The number of rotatable bonds is 34. The number of quaternary nitrogens is 1. The molecule has 0 saturated heterocycles. The molecule has 0 aromatic rings. The van der Waals surface area contributed by atoms with E-state index in [1.165, 1.54) is 96.3 Å². The smallest absolute Gasteiger partial charge is 0.387 e. The molecule has 48 heavy (non-hydrogen) atoms. The van der Waals surface area contributed by atoms with Crippen LogP contribution in [0.1, 0.15) is 155 Å². The van der Waals surface area contributed by atoms with Gasteiger partial charge < -0.3 is 19.8 Å². The molecule has 0 aromatic carbocycles. The van der Waals surface area contributed by atoms with E-state index >= 15 is 0 Å². The summed E-state index contributed by atoms with van der Waals surface area (Å²) in [6.07, 6.45) is 36.4. The van der Waals surface area contributed by atoms with Crippen molar-refractivity contribution in [3.05, 3.63) is 36.5 Å². The molecule has 0 rings (SSSR count). The molecule has 0 fully saturated rings. The Bertz CT molecular complexity index is 886. The zero-order valence-electron chi connectivity index (χ0n) is 31.7. The van der Waals surface area contributed by atoms with Gasteiger partial charge in [0, 0.05) is 6.42 Å². The molecule has 0 radical (unpaired) electrons. The molecular formula is C39H76N2O6P+. The van der Waals surface area contributed by atoms with Gasteiger partial charge in [0.05, 0.1) is 39.9 Å². The van der Waals surface area contributed by atoms with E-state index in [1.807, 2.05) is 27.2 Å². The molecule has 0 aliphatic carbocycles. The van der Waals surface area contributed by atoms with E-state index < -0.39 is 20.0 Å². The molecule has 3 N–H and O–H groups in total. The zero-order chi connectivity index (χ0) is 35.8. The number of amides is 1. The highest BCUT2D eigenvalue weighted by Crippen LogP contribution is 2.43. The third-order valence-electron chi connectivity index (χ3n) is 8.33. The molecule has 0 saturated carbocycles. The van der Waals surface area contributed by atoms with Gasteiger partial charge in [-0.2, -0.15) is 0 Å². The van der Waals surface area contributed by atoms with Gasteiger partial charge in [0.15, 0.2) is 0 Å². The lowest BCUT2D eigenvalue weighted by molar-refractivity contribution is -0.870. The maximum atomic E-state index is 12.8. The highest BCUT2D eigenvalue weighted by molar-refractivity contribution is 7.47. The summed E-state index contributed by atoms with van der Waals surface area (Å²) in [5, 5.41) is 13.7. The van der Waals surface area contributed by atoms with Gasteiger partial charge in [-0.1, -0.05) is 127 Å². The first-order valence-corrected chi connectivity index (χ1v) is 20.9. The quantitative estimate of drug-likeness (QED) is 0.0267. The maximum absolute atomic E-state index is 12.8. The Morgan fingerprint density at radius 2 is 1.15 bits per heavy atom. The van der Waals surface area contributed by atoms with Crippen LogP contribution in [-0.2, 0) is 18.4 Å². The number of aliphatic hydroxyl groups excluding tert-OH is 1. The van der Waals surface area contributed by atoms with Crippen LogP contribution in [0.4, 0.5) is 0 Å². The number of phosphoric ester groups is 1. The van der Waals surface area contributed by atoms with Crippen molar-refractivity contribution in [1.82, 2.24) is 5.32 Å². The van der Waals surface area contributed by atoms with Crippen LogP contribution >= 0.6 is 7.82 Å². The number of unbranched alkanes of at least 4 members (excludes halogenated alkanes) is 17. The first-order valence-electron chi connectivity index (χ1n) is 19.4. The molecular weight excluding hydrogens is 623 g/mol. The molecule has 3 atom stereocenters. The fraction of sp³-hybridized carbons (Fsp3) is 0.821. The van der Waals surface area contributed by atoms with E-state index in [9.17, 15) is 19.4 Å². The molecule has 0 heterocycles. The molecule has 9 heteroatoms. The fourth-order valence-corrected chi connectivity index (χ4v) is 5.90. The van der Waals surface area contributed by atoms with E-state index in [1.54, 1.807) is 6.08 Å². The lowest BCUT2D eigenvalue weighted by Gasteiger charge is -2.25. The summed E-state index contributed by atoms with van der Waals surface area (Å²) in [5.74, 6) is -0.196. The number of carbonyl (C=O) groups is 1. The zero-order valence-corrected chi connectivity index (χ0v) is 32.6. The third-order valence-corrected chi connectivity index (χ3v) is 9.32. The number of nitrogens with zero attached hydrogens (tertiary/aromatic N) is 1. The van der Waals surface area contributed by atoms with Crippen LogP contribution in [0, 0.1) is 0 Å². The van der Waals surface area contributed by atoms with E-state index in [4.69, 9.17) is 9.05 Å². The monoisotopic (exact) mass is 700 g/mol. The fourth-order valence-electron chi connectivity index (χ4n) is 5.17. The van der Waals surface area contributed by atoms with Gasteiger partial charge in [-0.15, -0.1) is 0 Å². The van der Waals surface area contributed by atoms with Gasteiger partial charge in [-0.3, -0.25) is 13.8 Å². The van der Waals surface area contributed by atoms with Crippen molar-refractivity contribution in [2.75, 3.05) is 40.9 Å². The molecule has 0 aromatic heterocycles. The Hall–Kier alpha value is -1.28. The lowest BCUT2D eigenvalue weighted by atomic mass is 10.1. The van der Waals surface area contributed by atoms with Crippen molar-refractivity contribution in [3.63, 3.8) is 0 Å². The van der Waals surface area contributed by atoms with Gasteiger partial charge in [-0.05, 0) is 57.8 Å². The van der Waals surface area contributed by atoms with E-state index in [-0.39, 0.29) is 19.1 Å². The number of aliphatic hydroxyl groups is 1. The van der Waals surface area contributed by atoms with Gasteiger partial charge in [0.1, 0.15) is 13.2 Å². The Balaban J connectivity index is 4.55. The number of hydrogen-bond donors (Lipinski definition) is 3. The van der Waals surface area contributed by atoms with Crippen molar-refractivity contribution < 1.29 is 32.9 Å². The van der Waals surface area contributed by atoms with Gasteiger partial charge >= 0.3 is 7.82 Å². The molecule has 0 aliphatic heterocycles. The third kappa shape index (κ3) is 33.2. The number of allylic oxidation sites excluding steroid dienone is 5. The van der Waals surface area contributed by atoms with Crippen LogP contribution in [0.5, 0.6) is 0 Å². The van der Waals surface area contributed by atoms with Crippen molar-refractivity contribution in [2.24, 2.45) is 0 Å². The Morgan fingerprint density at radius 1 is 0.688 bits per heavy atom. The largest absolute Gasteiger partial charge is 0.472 e. The summed E-state index contributed by atoms with van der Waals surface area (Å²) in [5.41, 5.74) is 0. The number of likely N-dealkylation sites (N-methyl/N-ethyl adjacent to an activating group) is 1. The maximum Gasteiger partial charge on any atom is 0.472 e. The molecule has 1 amide bonds.